The first-order chi connectivity index (χ1) is 10.7. The fourth-order valence-corrected chi connectivity index (χ4v) is 1.68. The molecule has 0 fully saturated rings. The van der Waals surface area contributed by atoms with E-state index in [1.165, 1.54) is 6.20 Å². The predicted octanol–water partition coefficient (Wildman–Crippen LogP) is 2.10. The molecule has 0 unspecified atom stereocenters. The number of carbonyl (C=O) groups is 1. The third-order valence-electron chi connectivity index (χ3n) is 2.70. The molecule has 2 aromatic rings. The number of amides is 1. The number of pyridine rings is 1. The number of aromatic nitrogens is 1. The molecule has 0 aromatic carbocycles. The maximum Gasteiger partial charge on any atom is 0.291 e. The Kier molecular flexibility index (Phi) is 5.93. The summed E-state index contributed by atoms with van der Waals surface area (Å²) in [4.78, 5) is 16.1. The van der Waals surface area contributed by atoms with Gasteiger partial charge in [0.2, 0.25) is 5.88 Å². The van der Waals surface area contributed by atoms with Crippen molar-refractivity contribution in [1.29, 1.82) is 0 Å². The van der Waals surface area contributed by atoms with Crippen LogP contribution in [0.15, 0.2) is 34.9 Å². The molecule has 2 aromatic heterocycles. The van der Waals surface area contributed by atoms with Crippen molar-refractivity contribution in [2.45, 2.75) is 6.61 Å². The van der Waals surface area contributed by atoms with Gasteiger partial charge in [-0.1, -0.05) is 0 Å². The van der Waals surface area contributed by atoms with Crippen LogP contribution >= 0.6 is 0 Å². The van der Waals surface area contributed by atoms with Crippen molar-refractivity contribution < 1.29 is 23.4 Å². The van der Waals surface area contributed by atoms with Crippen LogP contribution in [0.5, 0.6) is 5.88 Å². The first kappa shape index (κ1) is 16.0. The number of rotatable bonds is 8. The number of ether oxygens (including phenoxy) is 3. The highest BCUT2D eigenvalue weighted by molar-refractivity contribution is 6.02. The van der Waals surface area contributed by atoms with E-state index in [4.69, 9.17) is 18.6 Å². The third-order valence-corrected chi connectivity index (χ3v) is 2.70. The molecule has 0 radical (unpaired) electrons. The normalized spacial score (nSPS) is 10.5. The van der Waals surface area contributed by atoms with E-state index < -0.39 is 0 Å². The van der Waals surface area contributed by atoms with Crippen LogP contribution in [-0.2, 0) is 16.1 Å². The number of nitrogens with zero attached hydrogens (tertiary/aromatic N) is 1. The molecule has 0 aliphatic heterocycles. The lowest BCUT2D eigenvalue weighted by molar-refractivity contribution is 0.0987. The van der Waals surface area contributed by atoms with E-state index in [1.807, 2.05) is 0 Å². The molecule has 22 heavy (non-hydrogen) atoms. The van der Waals surface area contributed by atoms with Crippen LogP contribution in [0, 0.1) is 0 Å². The summed E-state index contributed by atoms with van der Waals surface area (Å²) < 4.78 is 20.5. The lowest BCUT2D eigenvalue weighted by Gasteiger charge is -2.06. The molecule has 1 amide bonds. The van der Waals surface area contributed by atoms with E-state index in [0.29, 0.717) is 37.1 Å². The minimum atomic E-state index is -0.350. The SMILES string of the molecule is COCCOc1ccc(NC(=O)c2ccc(COC)o2)cn1. The van der Waals surface area contributed by atoms with Gasteiger partial charge in [0, 0.05) is 20.3 Å². The zero-order valence-electron chi connectivity index (χ0n) is 12.5. The van der Waals surface area contributed by atoms with Crippen LogP contribution < -0.4 is 10.1 Å². The second kappa shape index (κ2) is 8.16. The van der Waals surface area contributed by atoms with Crippen molar-refractivity contribution >= 4 is 11.6 Å². The number of carbonyl (C=O) groups excluding carboxylic acids is 1. The average Bonchev–Trinajstić information content (AvgIpc) is 2.98. The molecule has 0 saturated carbocycles. The largest absolute Gasteiger partial charge is 0.475 e. The number of hydrogen-bond acceptors (Lipinski definition) is 6. The molecule has 7 nitrogen and oxygen atoms in total. The fraction of sp³-hybridized carbons (Fsp3) is 0.333. The van der Waals surface area contributed by atoms with Crippen LogP contribution in [0.2, 0.25) is 0 Å². The molecule has 2 rings (SSSR count). The van der Waals surface area contributed by atoms with Crippen molar-refractivity contribution in [3.05, 3.63) is 42.0 Å². The summed E-state index contributed by atoms with van der Waals surface area (Å²) in [5.74, 6) is 0.924. The minimum absolute atomic E-state index is 0.215. The Morgan fingerprint density at radius 2 is 2.05 bits per heavy atom. The van der Waals surface area contributed by atoms with Crippen LogP contribution in [-0.4, -0.2) is 38.3 Å². The van der Waals surface area contributed by atoms with Gasteiger partial charge in [0.1, 0.15) is 19.0 Å². The topological polar surface area (TPSA) is 82.8 Å². The first-order valence-electron chi connectivity index (χ1n) is 6.69. The molecule has 0 aliphatic rings. The molecule has 1 N–H and O–H groups in total. The van der Waals surface area contributed by atoms with Gasteiger partial charge in [-0.25, -0.2) is 4.98 Å². The molecule has 0 saturated heterocycles. The molecule has 0 aliphatic carbocycles. The number of hydrogen-bond donors (Lipinski definition) is 1. The summed E-state index contributed by atoms with van der Waals surface area (Å²) in [6.07, 6.45) is 1.51. The van der Waals surface area contributed by atoms with Gasteiger partial charge < -0.3 is 23.9 Å². The lowest BCUT2D eigenvalue weighted by Crippen LogP contribution is -2.11. The second-order valence-corrected chi connectivity index (χ2v) is 4.38. The zero-order valence-corrected chi connectivity index (χ0v) is 12.5. The first-order valence-corrected chi connectivity index (χ1v) is 6.69. The number of methoxy groups -OCH3 is 2. The summed E-state index contributed by atoms with van der Waals surface area (Å²) >= 11 is 0. The van der Waals surface area contributed by atoms with Gasteiger partial charge in [0.05, 0.1) is 18.5 Å². The number of nitrogens with one attached hydrogen (secondary N) is 1. The molecular formula is C15H18N2O5. The maximum atomic E-state index is 12.0. The van der Waals surface area contributed by atoms with E-state index >= 15 is 0 Å². The highest BCUT2D eigenvalue weighted by Crippen LogP contribution is 2.14. The Labute approximate surface area is 128 Å². The summed E-state index contributed by atoms with van der Waals surface area (Å²) in [6, 6.07) is 6.67. The summed E-state index contributed by atoms with van der Waals surface area (Å²) in [5.41, 5.74) is 0.550. The van der Waals surface area contributed by atoms with Gasteiger partial charge in [-0.3, -0.25) is 4.79 Å². The quantitative estimate of drug-likeness (QED) is 0.752. The lowest BCUT2D eigenvalue weighted by atomic mass is 10.3. The highest BCUT2D eigenvalue weighted by atomic mass is 16.5. The summed E-state index contributed by atoms with van der Waals surface area (Å²) in [7, 11) is 3.16. The van der Waals surface area contributed by atoms with Gasteiger partial charge in [-0.2, -0.15) is 0 Å². The Bertz CT molecular complexity index is 594. The molecule has 0 atom stereocenters. The Hall–Kier alpha value is -2.38. The smallest absolute Gasteiger partial charge is 0.291 e. The van der Waals surface area contributed by atoms with Crippen LogP contribution in [0.3, 0.4) is 0 Å². The van der Waals surface area contributed by atoms with Gasteiger partial charge in [-0.05, 0) is 18.2 Å². The predicted molar refractivity (Wildman–Crippen MR) is 79.0 cm³/mol. The van der Waals surface area contributed by atoms with Crippen molar-refractivity contribution in [3.8, 4) is 5.88 Å². The van der Waals surface area contributed by atoms with E-state index in [-0.39, 0.29) is 11.7 Å². The van der Waals surface area contributed by atoms with Crippen molar-refractivity contribution in [1.82, 2.24) is 4.98 Å². The van der Waals surface area contributed by atoms with Crippen molar-refractivity contribution in [2.24, 2.45) is 0 Å². The Balaban J connectivity index is 1.90. The van der Waals surface area contributed by atoms with E-state index in [9.17, 15) is 4.79 Å². The van der Waals surface area contributed by atoms with E-state index in [1.54, 1.807) is 38.5 Å². The molecule has 2 heterocycles. The van der Waals surface area contributed by atoms with Gasteiger partial charge >= 0.3 is 0 Å². The third kappa shape index (κ3) is 4.57. The maximum absolute atomic E-state index is 12.0. The standard InChI is InChI=1S/C15H18N2O5/c1-19-7-8-21-14-6-3-11(9-16-14)17-15(18)13-5-4-12(22-13)10-20-2/h3-6,9H,7-8,10H2,1-2H3,(H,17,18). The second-order valence-electron chi connectivity index (χ2n) is 4.38. The van der Waals surface area contributed by atoms with Gasteiger partial charge in [0.15, 0.2) is 5.76 Å². The molecule has 7 heteroatoms. The highest BCUT2D eigenvalue weighted by Gasteiger charge is 2.11. The van der Waals surface area contributed by atoms with Crippen LogP contribution in [0.4, 0.5) is 5.69 Å². The monoisotopic (exact) mass is 306 g/mol. The number of furan rings is 1. The van der Waals surface area contributed by atoms with Gasteiger partial charge in [0.25, 0.3) is 5.91 Å². The fourth-order valence-electron chi connectivity index (χ4n) is 1.68. The summed E-state index contributed by atoms with van der Waals surface area (Å²) in [5, 5.41) is 2.69. The molecule has 0 bridgehead atoms. The van der Waals surface area contributed by atoms with Crippen LogP contribution in [0.1, 0.15) is 16.3 Å². The average molecular weight is 306 g/mol. The molecular weight excluding hydrogens is 288 g/mol. The van der Waals surface area contributed by atoms with Crippen LogP contribution in [0.25, 0.3) is 0 Å². The van der Waals surface area contributed by atoms with Crippen molar-refractivity contribution in [3.63, 3.8) is 0 Å². The minimum Gasteiger partial charge on any atom is -0.475 e. The van der Waals surface area contributed by atoms with Gasteiger partial charge in [-0.15, -0.1) is 0 Å². The van der Waals surface area contributed by atoms with E-state index in [2.05, 4.69) is 10.3 Å². The Morgan fingerprint density at radius 1 is 1.18 bits per heavy atom. The summed E-state index contributed by atoms with van der Waals surface area (Å²) in [6.45, 7) is 1.23. The van der Waals surface area contributed by atoms with Crippen molar-refractivity contribution in [2.75, 3.05) is 32.8 Å². The number of anilines is 1. The molecule has 118 valence electrons. The Morgan fingerprint density at radius 3 is 2.73 bits per heavy atom. The zero-order chi connectivity index (χ0) is 15.8. The van der Waals surface area contributed by atoms with E-state index in [0.717, 1.165) is 0 Å². The molecule has 0 spiro atoms.